The van der Waals surface area contributed by atoms with E-state index in [0.717, 1.165) is 47.8 Å². The Labute approximate surface area is 172 Å². The van der Waals surface area contributed by atoms with Crippen molar-refractivity contribution in [1.82, 2.24) is 15.2 Å². The number of benzene rings is 1. The predicted molar refractivity (Wildman–Crippen MR) is 113 cm³/mol. The number of halogens is 1. The first-order valence-electron chi connectivity index (χ1n) is 10.8. The predicted octanol–water partition coefficient (Wildman–Crippen LogP) is 4.09. The average molecular weight is 402 g/mol. The third kappa shape index (κ3) is 5.37. The quantitative estimate of drug-likeness (QED) is 0.654. The Morgan fingerprint density at radius 3 is 2.90 bits per heavy atom. The van der Waals surface area contributed by atoms with Crippen molar-refractivity contribution in [1.29, 1.82) is 0 Å². The molecule has 2 N–H and O–H groups in total. The van der Waals surface area contributed by atoms with Crippen LogP contribution in [0.5, 0.6) is 0 Å². The topological polar surface area (TPSA) is 65.2 Å². The molecule has 2 amide bonds. The van der Waals surface area contributed by atoms with E-state index in [9.17, 15) is 14.0 Å². The van der Waals surface area contributed by atoms with Gasteiger partial charge in [-0.2, -0.15) is 0 Å². The SMILES string of the molecule is CCCCCCNC(=O)C1CCCN(C(=O)Cc2c(C)[nH]c3ccc(F)cc23)C1. The van der Waals surface area contributed by atoms with Gasteiger partial charge >= 0.3 is 0 Å². The summed E-state index contributed by atoms with van der Waals surface area (Å²) < 4.78 is 13.7. The first kappa shape index (κ1) is 21.3. The molecule has 1 aromatic carbocycles. The third-order valence-corrected chi connectivity index (χ3v) is 5.88. The molecular weight excluding hydrogens is 369 g/mol. The van der Waals surface area contributed by atoms with Gasteiger partial charge in [0.2, 0.25) is 11.8 Å². The monoisotopic (exact) mass is 401 g/mol. The normalized spacial score (nSPS) is 16.9. The first-order chi connectivity index (χ1) is 14.0. The molecule has 0 bridgehead atoms. The van der Waals surface area contributed by atoms with Gasteiger partial charge < -0.3 is 15.2 Å². The minimum atomic E-state index is -0.307. The zero-order valence-corrected chi connectivity index (χ0v) is 17.5. The van der Waals surface area contributed by atoms with Gasteiger partial charge in [-0.25, -0.2) is 4.39 Å². The number of aryl methyl sites for hydroxylation is 1. The van der Waals surface area contributed by atoms with Crippen LogP contribution in [0.2, 0.25) is 0 Å². The summed E-state index contributed by atoms with van der Waals surface area (Å²) >= 11 is 0. The van der Waals surface area contributed by atoms with Crippen LogP contribution >= 0.6 is 0 Å². The molecule has 3 rings (SSSR count). The van der Waals surface area contributed by atoms with Gasteiger partial charge in [0.25, 0.3) is 0 Å². The fraction of sp³-hybridized carbons (Fsp3) is 0.565. The average Bonchev–Trinajstić information content (AvgIpc) is 3.02. The van der Waals surface area contributed by atoms with Crippen molar-refractivity contribution in [2.45, 2.75) is 58.8 Å². The maximum absolute atomic E-state index is 13.7. The smallest absolute Gasteiger partial charge is 0.227 e. The van der Waals surface area contributed by atoms with Crippen LogP contribution in [0.1, 0.15) is 56.7 Å². The summed E-state index contributed by atoms with van der Waals surface area (Å²) in [5, 5.41) is 3.79. The largest absolute Gasteiger partial charge is 0.358 e. The summed E-state index contributed by atoms with van der Waals surface area (Å²) in [5.41, 5.74) is 2.56. The Morgan fingerprint density at radius 1 is 1.28 bits per heavy atom. The zero-order chi connectivity index (χ0) is 20.8. The Bertz CT molecular complexity index is 861. The van der Waals surface area contributed by atoms with Gasteiger partial charge in [-0.1, -0.05) is 26.2 Å². The van der Waals surface area contributed by atoms with Crippen LogP contribution in [0.15, 0.2) is 18.2 Å². The molecular formula is C23H32FN3O2. The van der Waals surface area contributed by atoms with E-state index in [1.807, 2.05) is 6.92 Å². The molecule has 1 atom stereocenters. The summed E-state index contributed by atoms with van der Waals surface area (Å²) in [7, 11) is 0. The fourth-order valence-corrected chi connectivity index (χ4v) is 4.17. The molecule has 5 nitrogen and oxygen atoms in total. The molecule has 1 saturated heterocycles. The number of likely N-dealkylation sites (tertiary alicyclic amines) is 1. The standard InChI is InChI=1S/C23H32FN3O2/c1-3-4-5-6-11-25-23(29)17-8-7-12-27(15-17)22(28)14-19-16(2)26-21-10-9-18(24)13-20(19)21/h9-10,13,17,26H,3-8,11-12,14-15H2,1-2H3,(H,25,29). The van der Waals surface area contributed by atoms with Crippen LogP contribution in [0, 0.1) is 18.7 Å². The lowest BCUT2D eigenvalue weighted by atomic mass is 9.96. The van der Waals surface area contributed by atoms with Crippen molar-refractivity contribution < 1.29 is 14.0 Å². The number of unbranched alkanes of at least 4 members (excludes halogenated alkanes) is 3. The van der Waals surface area contributed by atoms with Crippen LogP contribution in [0.3, 0.4) is 0 Å². The molecule has 0 aliphatic carbocycles. The molecule has 0 spiro atoms. The highest BCUT2D eigenvalue weighted by atomic mass is 19.1. The van der Waals surface area contributed by atoms with E-state index in [0.29, 0.717) is 19.6 Å². The van der Waals surface area contributed by atoms with E-state index < -0.39 is 0 Å². The maximum Gasteiger partial charge on any atom is 0.227 e. The molecule has 1 unspecified atom stereocenters. The number of aromatic nitrogens is 1. The summed E-state index contributed by atoms with van der Waals surface area (Å²) in [6, 6.07) is 4.60. The van der Waals surface area contributed by atoms with Crippen molar-refractivity contribution >= 4 is 22.7 Å². The Morgan fingerprint density at radius 2 is 2.10 bits per heavy atom. The van der Waals surface area contributed by atoms with Gasteiger partial charge in [0.1, 0.15) is 5.82 Å². The Balaban J connectivity index is 1.58. The van der Waals surface area contributed by atoms with Crippen LogP contribution < -0.4 is 5.32 Å². The van der Waals surface area contributed by atoms with Crippen molar-refractivity contribution in [2.24, 2.45) is 5.92 Å². The molecule has 6 heteroatoms. The molecule has 29 heavy (non-hydrogen) atoms. The lowest BCUT2D eigenvalue weighted by molar-refractivity contribution is -0.135. The number of fused-ring (bicyclic) bond motifs is 1. The van der Waals surface area contributed by atoms with E-state index in [2.05, 4.69) is 17.2 Å². The Kier molecular flexibility index (Phi) is 7.29. The lowest BCUT2D eigenvalue weighted by Gasteiger charge is -2.32. The van der Waals surface area contributed by atoms with Crippen LogP contribution in [0.25, 0.3) is 10.9 Å². The highest BCUT2D eigenvalue weighted by molar-refractivity contribution is 5.90. The first-order valence-corrected chi connectivity index (χ1v) is 10.8. The highest BCUT2D eigenvalue weighted by Gasteiger charge is 2.28. The number of aromatic amines is 1. The van der Waals surface area contributed by atoms with Crippen LogP contribution in [-0.4, -0.2) is 41.3 Å². The maximum atomic E-state index is 13.7. The van der Waals surface area contributed by atoms with Gasteiger partial charge in [0, 0.05) is 36.2 Å². The molecule has 2 aromatic rings. The molecule has 0 radical (unpaired) electrons. The summed E-state index contributed by atoms with van der Waals surface area (Å²) in [6.45, 7) is 5.93. The fourth-order valence-electron chi connectivity index (χ4n) is 4.17. The number of carbonyl (C=O) groups excluding carboxylic acids is 2. The van der Waals surface area contributed by atoms with Gasteiger partial charge in [0.15, 0.2) is 0 Å². The van der Waals surface area contributed by atoms with E-state index in [1.165, 1.54) is 25.0 Å². The minimum absolute atomic E-state index is 0.00120. The van der Waals surface area contributed by atoms with Crippen molar-refractivity contribution in [3.8, 4) is 0 Å². The van der Waals surface area contributed by atoms with Crippen molar-refractivity contribution in [2.75, 3.05) is 19.6 Å². The van der Waals surface area contributed by atoms with Crippen molar-refractivity contribution in [3.05, 3.63) is 35.3 Å². The van der Waals surface area contributed by atoms with Crippen molar-refractivity contribution in [3.63, 3.8) is 0 Å². The summed E-state index contributed by atoms with van der Waals surface area (Å²) in [4.78, 5) is 30.4. The number of rotatable bonds is 8. The third-order valence-electron chi connectivity index (χ3n) is 5.88. The molecule has 1 aliphatic heterocycles. The second-order valence-corrected chi connectivity index (χ2v) is 8.13. The van der Waals surface area contributed by atoms with E-state index in [1.54, 1.807) is 11.0 Å². The number of nitrogens with one attached hydrogen (secondary N) is 2. The van der Waals surface area contributed by atoms with Gasteiger partial charge in [-0.15, -0.1) is 0 Å². The van der Waals surface area contributed by atoms with Gasteiger partial charge in [0.05, 0.1) is 12.3 Å². The van der Waals surface area contributed by atoms with E-state index >= 15 is 0 Å². The molecule has 1 aliphatic rings. The van der Waals surface area contributed by atoms with Gasteiger partial charge in [-0.3, -0.25) is 9.59 Å². The van der Waals surface area contributed by atoms with Crippen LogP contribution in [0.4, 0.5) is 4.39 Å². The zero-order valence-electron chi connectivity index (χ0n) is 17.5. The second-order valence-electron chi connectivity index (χ2n) is 8.13. The van der Waals surface area contributed by atoms with Gasteiger partial charge in [-0.05, 0) is 49.9 Å². The highest BCUT2D eigenvalue weighted by Crippen LogP contribution is 2.25. The number of nitrogens with zero attached hydrogens (tertiary/aromatic N) is 1. The summed E-state index contributed by atoms with van der Waals surface area (Å²) in [6.07, 6.45) is 6.39. The molecule has 1 aromatic heterocycles. The van der Waals surface area contributed by atoms with E-state index in [4.69, 9.17) is 0 Å². The molecule has 1 fully saturated rings. The molecule has 0 saturated carbocycles. The summed E-state index contributed by atoms with van der Waals surface area (Å²) in [5.74, 6) is -0.387. The molecule has 158 valence electrons. The number of H-pyrrole nitrogens is 1. The van der Waals surface area contributed by atoms with Crippen LogP contribution in [-0.2, 0) is 16.0 Å². The number of carbonyl (C=O) groups is 2. The van der Waals surface area contributed by atoms with E-state index in [-0.39, 0.29) is 30.0 Å². The number of hydrogen-bond acceptors (Lipinski definition) is 2. The Hall–Kier alpha value is -2.37. The number of hydrogen-bond donors (Lipinski definition) is 2. The molecule has 2 heterocycles. The second kappa shape index (κ2) is 9.90. The number of amides is 2. The number of piperidine rings is 1. The lowest BCUT2D eigenvalue weighted by Crippen LogP contribution is -2.46. The minimum Gasteiger partial charge on any atom is -0.358 e.